The summed E-state index contributed by atoms with van der Waals surface area (Å²) >= 11 is 0. The molecule has 0 saturated carbocycles. The molecule has 9 heteroatoms. The summed E-state index contributed by atoms with van der Waals surface area (Å²) in [6, 6.07) is 4.36. The van der Waals surface area contributed by atoms with Crippen molar-refractivity contribution >= 4 is 17.7 Å². The first kappa shape index (κ1) is 20.2. The molecule has 1 aromatic carbocycles. The van der Waals surface area contributed by atoms with Gasteiger partial charge >= 0.3 is 12.3 Å². The third kappa shape index (κ3) is 4.28. The van der Waals surface area contributed by atoms with Gasteiger partial charge in [-0.3, -0.25) is 9.79 Å². The fourth-order valence-corrected chi connectivity index (χ4v) is 3.20. The fraction of sp³-hybridized carbons (Fsp3) is 0.526. The number of amides is 2. The van der Waals surface area contributed by atoms with Crippen LogP contribution in [-0.2, 0) is 15.7 Å². The van der Waals surface area contributed by atoms with Crippen LogP contribution in [0.4, 0.5) is 18.0 Å². The maximum atomic E-state index is 12.7. The average molecular weight is 397 g/mol. The van der Waals surface area contributed by atoms with Crippen molar-refractivity contribution in [2.75, 3.05) is 13.1 Å². The van der Waals surface area contributed by atoms with Crippen LogP contribution >= 0.6 is 0 Å². The van der Waals surface area contributed by atoms with Crippen molar-refractivity contribution in [3.05, 3.63) is 35.4 Å². The van der Waals surface area contributed by atoms with E-state index in [2.05, 4.69) is 10.3 Å². The second-order valence-corrected chi connectivity index (χ2v) is 7.99. The van der Waals surface area contributed by atoms with E-state index in [1.807, 2.05) is 0 Å². The largest absolute Gasteiger partial charge is 0.444 e. The van der Waals surface area contributed by atoms with Crippen LogP contribution in [0.3, 0.4) is 0 Å². The third-order valence-electron chi connectivity index (χ3n) is 4.62. The molecular weight excluding hydrogens is 375 g/mol. The number of likely N-dealkylation sites (tertiary alicyclic amines) is 1. The molecule has 0 unspecified atom stereocenters. The van der Waals surface area contributed by atoms with Crippen molar-refractivity contribution in [2.24, 2.45) is 4.99 Å². The number of ether oxygens (including phenoxy) is 1. The van der Waals surface area contributed by atoms with Gasteiger partial charge in [-0.05, 0) is 32.9 Å². The van der Waals surface area contributed by atoms with E-state index in [0.717, 1.165) is 12.1 Å². The minimum Gasteiger partial charge on any atom is -0.444 e. The Morgan fingerprint density at radius 3 is 2.21 bits per heavy atom. The lowest BCUT2D eigenvalue weighted by Gasteiger charge is -2.37. The molecule has 28 heavy (non-hydrogen) atoms. The normalized spacial score (nSPS) is 19.4. The van der Waals surface area contributed by atoms with Crippen LogP contribution in [0, 0.1) is 0 Å². The molecule has 2 aliphatic rings. The van der Waals surface area contributed by atoms with Crippen LogP contribution in [0.2, 0.25) is 0 Å². The summed E-state index contributed by atoms with van der Waals surface area (Å²) in [5.74, 6) is -0.425. The van der Waals surface area contributed by atoms with Crippen molar-refractivity contribution in [3.8, 4) is 0 Å². The summed E-state index contributed by atoms with van der Waals surface area (Å²) in [6.07, 6.45) is -4.04. The van der Waals surface area contributed by atoms with Gasteiger partial charge in [0, 0.05) is 31.5 Å². The monoisotopic (exact) mass is 397 g/mol. The number of carbonyl (C=O) groups is 2. The van der Waals surface area contributed by atoms with Crippen molar-refractivity contribution in [2.45, 2.75) is 51.1 Å². The molecule has 1 fully saturated rings. The number of hydrogen-bond donors (Lipinski definition) is 1. The van der Waals surface area contributed by atoms with Crippen LogP contribution in [0.15, 0.2) is 29.3 Å². The standard InChI is InChI=1S/C19H22F3N3O3/c1-17(2,3)28-16(27)25-10-8-18(9-11-25)23-14(15(26)24-18)12-4-6-13(7-5-12)19(20,21)22/h4-7H,8-11H2,1-3H3,(H,24,26). The van der Waals surface area contributed by atoms with Crippen molar-refractivity contribution in [3.63, 3.8) is 0 Å². The quantitative estimate of drug-likeness (QED) is 0.790. The van der Waals surface area contributed by atoms with Gasteiger partial charge in [0.25, 0.3) is 5.91 Å². The molecule has 3 rings (SSSR count). The minimum atomic E-state index is -4.44. The molecule has 152 valence electrons. The SMILES string of the molecule is CC(C)(C)OC(=O)N1CCC2(CC1)N=C(c1ccc(C(F)(F)F)cc1)C(=O)N2. The van der Waals surface area contributed by atoms with Crippen molar-refractivity contribution in [1.29, 1.82) is 0 Å². The molecule has 1 spiro atoms. The van der Waals surface area contributed by atoms with E-state index in [1.54, 1.807) is 25.7 Å². The Bertz CT molecular complexity index is 802. The third-order valence-corrected chi connectivity index (χ3v) is 4.62. The van der Waals surface area contributed by atoms with Gasteiger partial charge in [-0.25, -0.2) is 4.79 Å². The number of halogens is 3. The lowest BCUT2D eigenvalue weighted by molar-refractivity contribution is -0.137. The molecule has 1 aromatic rings. The van der Waals surface area contributed by atoms with Crippen LogP contribution < -0.4 is 5.32 Å². The zero-order valence-electron chi connectivity index (χ0n) is 15.9. The molecule has 2 heterocycles. The zero-order chi connectivity index (χ0) is 20.7. The number of hydrogen-bond acceptors (Lipinski definition) is 4. The summed E-state index contributed by atoms with van der Waals surface area (Å²) in [7, 11) is 0. The molecule has 0 radical (unpaired) electrons. The number of nitrogens with one attached hydrogen (secondary N) is 1. The van der Waals surface area contributed by atoms with E-state index in [1.165, 1.54) is 12.1 Å². The summed E-state index contributed by atoms with van der Waals surface area (Å²) in [4.78, 5) is 30.6. The van der Waals surface area contributed by atoms with Crippen molar-refractivity contribution < 1.29 is 27.5 Å². The Morgan fingerprint density at radius 1 is 1.14 bits per heavy atom. The van der Waals surface area contributed by atoms with E-state index in [9.17, 15) is 22.8 Å². The van der Waals surface area contributed by atoms with E-state index in [0.29, 0.717) is 31.5 Å². The summed E-state index contributed by atoms with van der Waals surface area (Å²) in [6.45, 7) is 6.08. The Hall–Kier alpha value is -2.58. The van der Waals surface area contributed by atoms with Gasteiger partial charge in [-0.15, -0.1) is 0 Å². The molecule has 0 aliphatic carbocycles. The first-order valence-corrected chi connectivity index (χ1v) is 8.97. The van der Waals surface area contributed by atoms with Gasteiger partial charge in [0.05, 0.1) is 5.56 Å². The van der Waals surface area contributed by atoms with Gasteiger partial charge in [0.2, 0.25) is 0 Å². The number of benzene rings is 1. The highest BCUT2D eigenvalue weighted by Crippen LogP contribution is 2.32. The number of nitrogens with zero attached hydrogens (tertiary/aromatic N) is 2. The molecule has 6 nitrogen and oxygen atoms in total. The molecule has 0 aromatic heterocycles. The Labute approximate surface area is 160 Å². The van der Waals surface area contributed by atoms with E-state index in [-0.39, 0.29) is 5.71 Å². The number of rotatable bonds is 1. The second-order valence-electron chi connectivity index (χ2n) is 7.99. The maximum absolute atomic E-state index is 12.7. The molecule has 2 amide bonds. The lowest BCUT2D eigenvalue weighted by Crippen LogP contribution is -2.53. The van der Waals surface area contributed by atoms with E-state index in [4.69, 9.17) is 4.74 Å². The van der Waals surface area contributed by atoms with Gasteiger partial charge in [-0.1, -0.05) is 12.1 Å². The first-order chi connectivity index (χ1) is 12.9. The lowest BCUT2D eigenvalue weighted by atomic mass is 9.98. The number of alkyl halides is 3. The Morgan fingerprint density at radius 2 is 1.71 bits per heavy atom. The molecule has 1 saturated heterocycles. The van der Waals surface area contributed by atoms with Crippen LogP contribution in [-0.4, -0.2) is 47.0 Å². The molecule has 2 aliphatic heterocycles. The highest BCUT2D eigenvalue weighted by Gasteiger charge is 2.43. The van der Waals surface area contributed by atoms with Crippen LogP contribution in [0.1, 0.15) is 44.7 Å². The molecule has 0 atom stereocenters. The summed E-state index contributed by atoms with van der Waals surface area (Å²) in [5.41, 5.74) is -1.78. The van der Waals surface area contributed by atoms with Crippen molar-refractivity contribution in [1.82, 2.24) is 10.2 Å². The average Bonchev–Trinajstić information content (AvgIpc) is 2.89. The summed E-state index contributed by atoms with van der Waals surface area (Å²) < 4.78 is 43.5. The Balaban J connectivity index is 1.71. The predicted octanol–water partition coefficient (Wildman–Crippen LogP) is 3.35. The fourth-order valence-electron chi connectivity index (χ4n) is 3.20. The predicted molar refractivity (Wildman–Crippen MR) is 95.9 cm³/mol. The van der Waals surface area contributed by atoms with E-state index >= 15 is 0 Å². The zero-order valence-corrected chi connectivity index (χ0v) is 15.9. The number of piperidine rings is 1. The number of aliphatic imine (C=N–C) groups is 1. The molecular formula is C19H22F3N3O3. The smallest absolute Gasteiger partial charge is 0.416 e. The Kier molecular flexibility index (Phi) is 4.89. The molecule has 0 bridgehead atoms. The molecule has 1 N–H and O–H groups in total. The highest BCUT2D eigenvalue weighted by molar-refractivity contribution is 6.46. The van der Waals surface area contributed by atoms with Crippen LogP contribution in [0.25, 0.3) is 0 Å². The van der Waals surface area contributed by atoms with Gasteiger partial charge < -0.3 is 15.0 Å². The highest BCUT2D eigenvalue weighted by atomic mass is 19.4. The summed E-state index contributed by atoms with van der Waals surface area (Å²) in [5, 5.41) is 2.83. The van der Waals surface area contributed by atoms with Gasteiger partial charge in [0.1, 0.15) is 17.0 Å². The first-order valence-electron chi connectivity index (χ1n) is 8.97. The van der Waals surface area contributed by atoms with Gasteiger partial charge in [-0.2, -0.15) is 13.2 Å². The van der Waals surface area contributed by atoms with Gasteiger partial charge in [0.15, 0.2) is 0 Å². The minimum absolute atomic E-state index is 0.111. The second kappa shape index (κ2) is 6.79. The van der Waals surface area contributed by atoms with Crippen LogP contribution in [0.5, 0.6) is 0 Å². The topological polar surface area (TPSA) is 71.0 Å². The number of carbonyl (C=O) groups excluding carboxylic acids is 2. The van der Waals surface area contributed by atoms with E-state index < -0.39 is 35.0 Å². The maximum Gasteiger partial charge on any atom is 0.416 e.